The van der Waals surface area contributed by atoms with Crippen LogP contribution in [-0.2, 0) is 21.6 Å². The van der Waals surface area contributed by atoms with Crippen LogP contribution in [0.5, 0.6) is 11.5 Å². The van der Waals surface area contributed by atoms with Crippen molar-refractivity contribution in [2.45, 2.75) is 70.1 Å². The van der Waals surface area contributed by atoms with Gasteiger partial charge in [0.2, 0.25) is 5.56 Å². The number of phenolic OH excluding ortho intramolecular Hbond substituents is 1. The minimum Gasteiger partial charge on any atom is -0.508 e. The van der Waals surface area contributed by atoms with Crippen molar-refractivity contribution in [2.24, 2.45) is 0 Å². The van der Waals surface area contributed by atoms with Gasteiger partial charge >= 0.3 is 0 Å². The Hall–Kier alpha value is -2.60. The lowest BCUT2D eigenvalue weighted by Gasteiger charge is -2.32. The fourth-order valence-electron chi connectivity index (χ4n) is 4.12. The van der Waals surface area contributed by atoms with Crippen LogP contribution < -0.4 is 10.3 Å². The number of hydrogen-bond donors (Lipinski definition) is 2. The standard InChI is InChI=1S/C27H35NO4S/c1-26(2,3)24-21(29)12-13-22(25(24)27(4,5)6)33(31)16-8-7-15-32-19-10-11-20-18(17-19)9-14-23(30)28-20/h9-14,17,29H,7-8,15-16H2,1-6H3,(H,28,30). The second-order valence-electron chi connectivity index (χ2n) is 10.5. The fourth-order valence-corrected chi connectivity index (χ4v) is 5.67. The van der Waals surface area contributed by atoms with Gasteiger partial charge in [0.1, 0.15) is 11.5 Å². The quantitative estimate of drug-likeness (QED) is 0.429. The van der Waals surface area contributed by atoms with Crippen LogP contribution in [0.4, 0.5) is 0 Å². The summed E-state index contributed by atoms with van der Waals surface area (Å²) in [5.41, 5.74) is 2.02. The molecule has 2 N–H and O–H groups in total. The predicted molar refractivity (Wildman–Crippen MR) is 136 cm³/mol. The van der Waals surface area contributed by atoms with Crippen molar-refractivity contribution in [2.75, 3.05) is 12.4 Å². The van der Waals surface area contributed by atoms with E-state index in [1.807, 2.05) is 24.3 Å². The van der Waals surface area contributed by atoms with E-state index in [-0.39, 0.29) is 22.1 Å². The average molecular weight is 470 g/mol. The number of fused-ring (bicyclic) bond motifs is 1. The number of phenols is 1. The van der Waals surface area contributed by atoms with E-state index in [1.165, 1.54) is 6.07 Å². The van der Waals surface area contributed by atoms with Crippen LogP contribution in [0.1, 0.15) is 65.5 Å². The van der Waals surface area contributed by atoms with E-state index in [9.17, 15) is 14.1 Å². The Morgan fingerprint density at radius 3 is 2.27 bits per heavy atom. The molecule has 0 radical (unpaired) electrons. The molecule has 0 bridgehead atoms. The van der Waals surface area contributed by atoms with E-state index in [2.05, 4.69) is 46.5 Å². The van der Waals surface area contributed by atoms with E-state index in [0.717, 1.165) is 45.5 Å². The van der Waals surface area contributed by atoms with E-state index < -0.39 is 10.8 Å². The summed E-state index contributed by atoms with van der Waals surface area (Å²) in [5.74, 6) is 1.56. The van der Waals surface area contributed by atoms with Crippen LogP contribution >= 0.6 is 0 Å². The van der Waals surface area contributed by atoms with Gasteiger partial charge in [-0.05, 0) is 65.6 Å². The SMILES string of the molecule is CC(C)(C)c1c(O)ccc(S(=O)CCCCOc2ccc3[nH]c(=O)ccc3c2)c1C(C)(C)C. The summed E-state index contributed by atoms with van der Waals surface area (Å²) in [6, 6.07) is 12.4. The fraction of sp³-hybridized carbons (Fsp3) is 0.444. The number of aromatic amines is 1. The van der Waals surface area contributed by atoms with Gasteiger partial charge in [-0.25, -0.2) is 0 Å². The van der Waals surface area contributed by atoms with Crippen molar-refractivity contribution < 1.29 is 14.1 Å². The molecule has 3 rings (SSSR count). The summed E-state index contributed by atoms with van der Waals surface area (Å²) < 4.78 is 19.1. The number of hydrogen-bond acceptors (Lipinski definition) is 4. The lowest BCUT2D eigenvalue weighted by molar-refractivity contribution is 0.310. The maximum atomic E-state index is 13.3. The largest absolute Gasteiger partial charge is 0.508 e. The highest BCUT2D eigenvalue weighted by atomic mass is 32.2. The molecule has 1 heterocycles. The third kappa shape index (κ3) is 6.05. The molecule has 3 aromatic rings. The molecule has 0 saturated heterocycles. The first-order valence-electron chi connectivity index (χ1n) is 11.4. The molecule has 0 aliphatic carbocycles. The number of H-pyrrole nitrogens is 1. The van der Waals surface area contributed by atoms with E-state index in [4.69, 9.17) is 4.74 Å². The first-order chi connectivity index (χ1) is 15.4. The summed E-state index contributed by atoms with van der Waals surface area (Å²) in [6.45, 7) is 13.1. The molecule has 2 aromatic carbocycles. The van der Waals surface area contributed by atoms with Crippen molar-refractivity contribution in [3.63, 3.8) is 0 Å². The van der Waals surface area contributed by atoms with Gasteiger partial charge in [-0.1, -0.05) is 41.5 Å². The van der Waals surface area contributed by atoms with Crippen LogP contribution in [0.25, 0.3) is 10.9 Å². The van der Waals surface area contributed by atoms with E-state index in [0.29, 0.717) is 12.4 Å². The lowest BCUT2D eigenvalue weighted by Crippen LogP contribution is -2.24. The number of nitrogens with one attached hydrogen (secondary N) is 1. The molecule has 0 amide bonds. The monoisotopic (exact) mass is 469 g/mol. The summed E-state index contributed by atoms with van der Waals surface area (Å²) >= 11 is 0. The summed E-state index contributed by atoms with van der Waals surface area (Å²) in [6.07, 6.45) is 1.55. The Balaban J connectivity index is 1.64. The Morgan fingerprint density at radius 1 is 0.909 bits per heavy atom. The van der Waals surface area contributed by atoms with Crippen LogP contribution in [0, 0.1) is 0 Å². The van der Waals surface area contributed by atoms with Crippen LogP contribution in [-0.4, -0.2) is 26.7 Å². The maximum Gasteiger partial charge on any atom is 0.248 e. The minimum atomic E-state index is -1.16. The summed E-state index contributed by atoms with van der Waals surface area (Å²) in [7, 11) is -1.16. The van der Waals surface area contributed by atoms with Gasteiger partial charge in [-0.2, -0.15) is 0 Å². The van der Waals surface area contributed by atoms with Gasteiger partial charge in [0.05, 0.1) is 17.4 Å². The number of benzene rings is 2. The molecule has 1 aromatic heterocycles. The van der Waals surface area contributed by atoms with E-state index in [1.54, 1.807) is 12.1 Å². The van der Waals surface area contributed by atoms with Crippen molar-refractivity contribution in [3.05, 3.63) is 63.9 Å². The molecule has 0 fully saturated rings. The highest BCUT2D eigenvalue weighted by Crippen LogP contribution is 2.42. The first kappa shape index (κ1) is 25.0. The van der Waals surface area contributed by atoms with Gasteiger partial charge in [0.25, 0.3) is 0 Å². The molecule has 6 heteroatoms. The number of rotatable bonds is 7. The van der Waals surface area contributed by atoms with E-state index >= 15 is 0 Å². The first-order valence-corrected chi connectivity index (χ1v) is 12.7. The normalized spacial score (nSPS) is 13.3. The topological polar surface area (TPSA) is 79.4 Å². The van der Waals surface area contributed by atoms with Crippen molar-refractivity contribution in [1.82, 2.24) is 4.98 Å². The number of aromatic nitrogens is 1. The van der Waals surface area contributed by atoms with Gasteiger partial charge < -0.3 is 14.8 Å². The smallest absolute Gasteiger partial charge is 0.248 e. The molecule has 0 saturated carbocycles. The zero-order valence-corrected chi connectivity index (χ0v) is 21.3. The number of pyridine rings is 1. The summed E-state index contributed by atoms with van der Waals surface area (Å²) in [4.78, 5) is 15.0. The predicted octanol–water partition coefficient (Wildman–Crippen LogP) is 5.80. The Bertz CT molecular complexity index is 1220. The molecule has 0 aliphatic rings. The molecule has 178 valence electrons. The highest BCUT2D eigenvalue weighted by Gasteiger charge is 2.31. The molecule has 1 atom stereocenters. The number of unbranched alkanes of at least 4 members (excludes halogenated alkanes) is 1. The zero-order valence-electron chi connectivity index (χ0n) is 20.5. The van der Waals surface area contributed by atoms with Crippen LogP contribution in [0.2, 0.25) is 0 Å². The van der Waals surface area contributed by atoms with Gasteiger partial charge in [0.15, 0.2) is 0 Å². The summed E-state index contributed by atoms with van der Waals surface area (Å²) in [5, 5.41) is 11.5. The van der Waals surface area contributed by atoms with Gasteiger partial charge in [0, 0.05) is 33.2 Å². The molecule has 1 unspecified atom stereocenters. The minimum absolute atomic E-state index is 0.123. The second-order valence-corrected chi connectivity index (χ2v) is 12.0. The molecule has 5 nitrogen and oxygen atoms in total. The van der Waals surface area contributed by atoms with Gasteiger partial charge in [-0.15, -0.1) is 0 Å². The molecular weight excluding hydrogens is 434 g/mol. The number of ether oxygens (including phenoxy) is 1. The molecule has 0 aliphatic heterocycles. The molecule has 33 heavy (non-hydrogen) atoms. The Morgan fingerprint density at radius 2 is 1.61 bits per heavy atom. The molecular formula is C27H35NO4S. The van der Waals surface area contributed by atoms with Crippen LogP contribution in [0.3, 0.4) is 0 Å². The Kier molecular flexibility index (Phi) is 7.37. The maximum absolute atomic E-state index is 13.3. The van der Waals surface area contributed by atoms with Crippen molar-refractivity contribution in [1.29, 1.82) is 0 Å². The number of aromatic hydroxyl groups is 1. The third-order valence-corrected chi connectivity index (χ3v) is 7.07. The van der Waals surface area contributed by atoms with Crippen LogP contribution in [0.15, 0.2) is 52.2 Å². The highest BCUT2D eigenvalue weighted by molar-refractivity contribution is 7.85. The van der Waals surface area contributed by atoms with Crippen molar-refractivity contribution >= 4 is 21.7 Å². The van der Waals surface area contributed by atoms with Crippen molar-refractivity contribution in [3.8, 4) is 11.5 Å². The Labute approximate surface area is 198 Å². The lowest BCUT2D eigenvalue weighted by atomic mass is 9.75. The second kappa shape index (κ2) is 9.72. The third-order valence-electron chi connectivity index (χ3n) is 5.58. The zero-order chi connectivity index (χ0) is 24.4. The molecule has 0 spiro atoms. The average Bonchev–Trinajstić information content (AvgIpc) is 2.71. The van der Waals surface area contributed by atoms with Gasteiger partial charge in [-0.3, -0.25) is 9.00 Å².